The number of carbonyl (C=O) groups is 1. The Bertz CT molecular complexity index is 542. The van der Waals surface area contributed by atoms with E-state index in [-0.39, 0.29) is 5.91 Å². The van der Waals surface area contributed by atoms with Gasteiger partial charge in [0.1, 0.15) is 0 Å². The minimum atomic E-state index is -0.108. The van der Waals surface area contributed by atoms with Crippen LogP contribution in [0, 0.1) is 0 Å². The van der Waals surface area contributed by atoms with Crippen LogP contribution in [0.1, 0.15) is 35.3 Å². The maximum Gasteiger partial charge on any atom is 0.257 e. The van der Waals surface area contributed by atoms with Crippen molar-refractivity contribution in [2.45, 2.75) is 26.7 Å². The van der Waals surface area contributed by atoms with E-state index in [9.17, 15) is 4.79 Å². The van der Waals surface area contributed by atoms with E-state index in [1.165, 1.54) is 0 Å². The smallest absolute Gasteiger partial charge is 0.257 e. The molecule has 0 radical (unpaired) electrons. The van der Waals surface area contributed by atoms with Crippen molar-refractivity contribution in [3.8, 4) is 0 Å². The summed E-state index contributed by atoms with van der Waals surface area (Å²) in [5.41, 5.74) is 3.85. The third-order valence-electron chi connectivity index (χ3n) is 3.16. The number of hydrogen-bond donors (Lipinski definition) is 1. The van der Waals surface area contributed by atoms with Gasteiger partial charge in [0.15, 0.2) is 0 Å². The predicted octanol–water partition coefficient (Wildman–Crippen LogP) is 3.46. The van der Waals surface area contributed by atoms with Crippen LogP contribution in [-0.2, 0) is 12.8 Å². The molecular weight excluding hydrogens is 236 g/mol. The van der Waals surface area contributed by atoms with Gasteiger partial charge in [-0.15, -0.1) is 0 Å². The number of carbonyl (C=O) groups excluding carboxylic acids is 1. The molecule has 3 heteroatoms. The molecule has 1 amide bonds. The molecule has 3 nitrogen and oxygen atoms in total. The Morgan fingerprint density at radius 2 is 1.79 bits per heavy atom. The molecule has 19 heavy (non-hydrogen) atoms. The molecule has 1 N–H and O–H groups in total. The lowest BCUT2D eigenvalue weighted by Crippen LogP contribution is -2.15. The van der Waals surface area contributed by atoms with Gasteiger partial charge in [0.05, 0.1) is 5.56 Å². The summed E-state index contributed by atoms with van der Waals surface area (Å²) in [7, 11) is 0. The standard InChI is InChI=1S/C16H18N2O/c1-3-12-7-5-8-13(4-2)15(12)18-16(19)14-9-6-10-17-11-14/h5-11H,3-4H2,1-2H3,(H,18,19). The average molecular weight is 254 g/mol. The summed E-state index contributed by atoms with van der Waals surface area (Å²) in [5, 5.41) is 3.02. The maximum absolute atomic E-state index is 12.2. The van der Waals surface area contributed by atoms with Crippen LogP contribution in [0.25, 0.3) is 0 Å². The van der Waals surface area contributed by atoms with Crippen molar-refractivity contribution in [1.29, 1.82) is 0 Å². The van der Waals surface area contributed by atoms with Crippen molar-refractivity contribution < 1.29 is 4.79 Å². The number of aryl methyl sites for hydroxylation is 2. The molecule has 1 aromatic carbocycles. The minimum absolute atomic E-state index is 0.108. The van der Waals surface area contributed by atoms with Crippen LogP contribution in [0.15, 0.2) is 42.7 Å². The molecule has 98 valence electrons. The van der Waals surface area contributed by atoms with E-state index in [1.54, 1.807) is 24.5 Å². The number of nitrogens with zero attached hydrogens (tertiary/aromatic N) is 1. The van der Waals surface area contributed by atoms with Crippen molar-refractivity contribution in [2.24, 2.45) is 0 Å². The highest BCUT2D eigenvalue weighted by Gasteiger charge is 2.11. The van der Waals surface area contributed by atoms with Crippen LogP contribution < -0.4 is 5.32 Å². The van der Waals surface area contributed by atoms with Gasteiger partial charge in [-0.1, -0.05) is 32.0 Å². The topological polar surface area (TPSA) is 42.0 Å². The number of hydrogen-bond acceptors (Lipinski definition) is 2. The lowest BCUT2D eigenvalue weighted by Gasteiger charge is -2.14. The van der Waals surface area contributed by atoms with Gasteiger partial charge in [-0.25, -0.2) is 0 Å². The van der Waals surface area contributed by atoms with Crippen LogP contribution in [-0.4, -0.2) is 10.9 Å². The van der Waals surface area contributed by atoms with E-state index in [2.05, 4.69) is 36.3 Å². The Hall–Kier alpha value is -2.16. The molecule has 0 aliphatic carbocycles. The van der Waals surface area contributed by atoms with E-state index in [0.29, 0.717) is 5.56 Å². The second kappa shape index (κ2) is 6.14. The highest BCUT2D eigenvalue weighted by molar-refractivity contribution is 6.04. The number of anilines is 1. The second-order valence-electron chi connectivity index (χ2n) is 4.35. The molecular formula is C16H18N2O. The minimum Gasteiger partial charge on any atom is -0.321 e. The summed E-state index contributed by atoms with van der Waals surface area (Å²) in [6, 6.07) is 9.68. The average Bonchev–Trinajstić information content (AvgIpc) is 2.48. The Labute approximate surface area is 113 Å². The van der Waals surface area contributed by atoms with E-state index in [4.69, 9.17) is 0 Å². The summed E-state index contributed by atoms with van der Waals surface area (Å²) < 4.78 is 0. The van der Waals surface area contributed by atoms with Crippen molar-refractivity contribution in [1.82, 2.24) is 4.98 Å². The van der Waals surface area contributed by atoms with Gasteiger partial charge in [0, 0.05) is 18.1 Å². The third-order valence-corrected chi connectivity index (χ3v) is 3.16. The molecule has 0 saturated heterocycles. The Balaban J connectivity index is 2.30. The summed E-state index contributed by atoms with van der Waals surface area (Å²) in [4.78, 5) is 16.2. The summed E-state index contributed by atoms with van der Waals surface area (Å²) in [6.07, 6.45) is 5.04. The van der Waals surface area contributed by atoms with Crippen molar-refractivity contribution >= 4 is 11.6 Å². The Morgan fingerprint density at radius 1 is 1.11 bits per heavy atom. The first-order chi connectivity index (χ1) is 9.26. The zero-order valence-corrected chi connectivity index (χ0v) is 11.3. The molecule has 0 atom stereocenters. The highest BCUT2D eigenvalue weighted by atomic mass is 16.1. The van der Waals surface area contributed by atoms with Crippen LogP contribution >= 0.6 is 0 Å². The van der Waals surface area contributed by atoms with E-state index in [0.717, 1.165) is 29.7 Å². The van der Waals surface area contributed by atoms with E-state index >= 15 is 0 Å². The van der Waals surface area contributed by atoms with E-state index < -0.39 is 0 Å². The Kier molecular flexibility index (Phi) is 4.29. The number of para-hydroxylation sites is 1. The molecule has 0 spiro atoms. The Morgan fingerprint density at radius 3 is 2.32 bits per heavy atom. The molecule has 0 bridgehead atoms. The van der Waals surface area contributed by atoms with Crippen LogP contribution in [0.2, 0.25) is 0 Å². The van der Waals surface area contributed by atoms with Crippen molar-refractivity contribution in [3.05, 3.63) is 59.4 Å². The second-order valence-corrected chi connectivity index (χ2v) is 4.35. The third kappa shape index (κ3) is 2.99. The molecule has 0 unspecified atom stereocenters. The molecule has 1 heterocycles. The highest BCUT2D eigenvalue weighted by Crippen LogP contribution is 2.23. The van der Waals surface area contributed by atoms with Crippen molar-refractivity contribution in [3.63, 3.8) is 0 Å². The lowest BCUT2D eigenvalue weighted by molar-refractivity contribution is 0.102. The van der Waals surface area contributed by atoms with Crippen LogP contribution in [0.4, 0.5) is 5.69 Å². The molecule has 0 saturated carbocycles. The SMILES string of the molecule is CCc1cccc(CC)c1NC(=O)c1cccnc1. The normalized spacial score (nSPS) is 10.2. The summed E-state index contributed by atoms with van der Waals surface area (Å²) >= 11 is 0. The number of nitrogens with one attached hydrogen (secondary N) is 1. The van der Waals surface area contributed by atoms with Crippen molar-refractivity contribution in [2.75, 3.05) is 5.32 Å². The fraction of sp³-hybridized carbons (Fsp3) is 0.250. The number of aromatic nitrogens is 1. The maximum atomic E-state index is 12.2. The molecule has 0 aliphatic rings. The van der Waals surface area contributed by atoms with Gasteiger partial charge < -0.3 is 5.32 Å². The number of rotatable bonds is 4. The van der Waals surface area contributed by atoms with Gasteiger partial charge in [0.2, 0.25) is 0 Å². The van der Waals surface area contributed by atoms with Crippen LogP contribution in [0.3, 0.4) is 0 Å². The quantitative estimate of drug-likeness (QED) is 0.907. The number of amides is 1. The van der Waals surface area contributed by atoms with E-state index in [1.807, 2.05) is 6.07 Å². The molecule has 1 aromatic heterocycles. The van der Waals surface area contributed by atoms with Gasteiger partial charge in [-0.2, -0.15) is 0 Å². The molecule has 2 rings (SSSR count). The molecule has 0 aliphatic heterocycles. The van der Waals surface area contributed by atoms with Gasteiger partial charge in [-0.05, 0) is 36.1 Å². The molecule has 2 aromatic rings. The zero-order valence-electron chi connectivity index (χ0n) is 11.3. The number of benzene rings is 1. The summed E-state index contributed by atoms with van der Waals surface area (Å²) in [6.45, 7) is 4.18. The summed E-state index contributed by atoms with van der Waals surface area (Å²) in [5.74, 6) is -0.108. The molecule has 0 fully saturated rings. The fourth-order valence-corrected chi connectivity index (χ4v) is 2.09. The number of pyridine rings is 1. The predicted molar refractivity (Wildman–Crippen MR) is 77.4 cm³/mol. The largest absolute Gasteiger partial charge is 0.321 e. The van der Waals surface area contributed by atoms with Gasteiger partial charge >= 0.3 is 0 Å². The van der Waals surface area contributed by atoms with Gasteiger partial charge in [0.25, 0.3) is 5.91 Å². The lowest BCUT2D eigenvalue weighted by atomic mass is 10.0. The first-order valence-corrected chi connectivity index (χ1v) is 6.58. The van der Waals surface area contributed by atoms with Gasteiger partial charge in [-0.3, -0.25) is 9.78 Å². The first kappa shape index (κ1) is 13.3. The monoisotopic (exact) mass is 254 g/mol. The zero-order chi connectivity index (χ0) is 13.7. The fourth-order valence-electron chi connectivity index (χ4n) is 2.09. The first-order valence-electron chi connectivity index (χ1n) is 6.58. The van der Waals surface area contributed by atoms with Crippen LogP contribution in [0.5, 0.6) is 0 Å².